The number of carbonyl (C=O) groups excluding carboxylic acids is 1. The number of amides is 1. The van der Waals surface area contributed by atoms with Gasteiger partial charge < -0.3 is 11.1 Å². The van der Waals surface area contributed by atoms with Crippen LogP contribution in [0.25, 0.3) is 5.69 Å². The molecule has 23 heavy (non-hydrogen) atoms. The van der Waals surface area contributed by atoms with Crippen molar-refractivity contribution < 1.29 is 4.79 Å². The lowest BCUT2D eigenvalue weighted by Crippen LogP contribution is -2.40. The van der Waals surface area contributed by atoms with Crippen LogP contribution < -0.4 is 11.1 Å². The van der Waals surface area contributed by atoms with Gasteiger partial charge in [-0.1, -0.05) is 29.8 Å². The summed E-state index contributed by atoms with van der Waals surface area (Å²) in [6, 6.07) is 10.0. The van der Waals surface area contributed by atoms with Crippen molar-refractivity contribution in [3.05, 3.63) is 41.7 Å². The molecule has 122 valence electrons. The zero-order valence-electron chi connectivity index (χ0n) is 13.4. The van der Waals surface area contributed by atoms with Crippen LogP contribution in [0.4, 0.5) is 0 Å². The average Bonchev–Trinajstić information content (AvgIpc) is 3.15. The number of nitrogens with two attached hydrogens (primary N) is 1. The third-order valence-electron chi connectivity index (χ3n) is 4.63. The zero-order chi connectivity index (χ0) is 16.2. The Bertz CT molecular complexity index is 667. The summed E-state index contributed by atoms with van der Waals surface area (Å²) in [5, 5.41) is 11.5. The van der Waals surface area contributed by atoms with Crippen molar-refractivity contribution >= 4 is 5.91 Å². The Balaban J connectivity index is 1.67. The van der Waals surface area contributed by atoms with E-state index in [2.05, 4.69) is 15.6 Å². The van der Waals surface area contributed by atoms with Crippen molar-refractivity contribution in [3.8, 4) is 5.69 Å². The van der Waals surface area contributed by atoms with Crippen molar-refractivity contribution in [2.24, 2.45) is 11.7 Å². The summed E-state index contributed by atoms with van der Waals surface area (Å²) in [6.45, 7) is 2.57. The molecule has 0 bridgehead atoms. The predicted molar refractivity (Wildman–Crippen MR) is 88.1 cm³/mol. The van der Waals surface area contributed by atoms with E-state index in [0.29, 0.717) is 18.2 Å². The fourth-order valence-corrected chi connectivity index (χ4v) is 3.26. The van der Waals surface area contributed by atoms with Gasteiger partial charge in [0, 0.05) is 6.04 Å². The zero-order valence-corrected chi connectivity index (χ0v) is 13.4. The van der Waals surface area contributed by atoms with E-state index in [1.54, 1.807) is 4.68 Å². The number of nitrogens with zero attached hydrogens (tertiary/aromatic N) is 3. The van der Waals surface area contributed by atoms with Gasteiger partial charge in [-0.05, 0) is 44.4 Å². The molecule has 3 N–H and O–H groups in total. The molecular formula is C17H23N5O. The molecule has 1 aliphatic rings. The molecule has 0 saturated heterocycles. The summed E-state index contributed by atoms with van der Waals surface area (Å²) in [5.74, 6) is 0.401. The van der Waals surface area contributed by atoms with Crippen LogP contribution in [0.2, 0.25) is 0 Å². The van der Waals surface area contributed by atoms with E-state index in [0.717, 1.165) is 30.6 Å². The number of rotatable bonds is 5. The van der Waals surface area contributed by atoms with Gasteiger partial charge in [-0.25, -0.2) is 4.68 Å². The maximum atomic E-state index is 12.3. The Morgan fingerprint density at radius 1 is 1.35 bits per heavy atom. The maximum Gasteiger partial charge on any atom is 0.226 e. The van der Waals surface area contributed by atoms with Crippen molar-refractivity contribution in [1.29, 1.82) is 0 Å². The molecule has 1 saturated carbocycles. The van der Waals surface area contributed by atoms with Gasteiger partial charge in [0.25, 0.3) is 0 Å². The Labute approximate surface area is 136 Å². The molecule has 2 unspecified atom stereocenters. The molecule has 1 aromatic carbocycles. The van der Waals surface area contributed by atoms with Gasteiger partial charge >= 0.3 is 0 Å². The maximum absolute atomic E-state index is 12.3. The fourth-order valence-electron chi connectivity index (χ4n) is 3.26. The summed E-state index contributed by atoms with van der Waals surface area (Å²) < 4.78 is 1.76. The Hall–Kier alpha value is -2.21. The van der Waals surface area contributed by atoms with Crippen LogP contribution in [0, 0.1) is 12.8 Å². The quantitative estimate of drug-likeness (QED) is 0.873. The van der Waals surface area contributed by atoms with E-state index in [9.17, 15) is 4.79 Å². The van der Waals surface area contributed by atoms with Gasteiger partial charge in [-0.15, -0.1) is 5.10 Å². The second-order valence-corrected chi connectivity index (χ2v) is 6.15. The Kier molecular flexibility index (Phi) is 4.71. The van der Waals surface area contributed by atoms with E-state index >= 15 is 0 Å². The summed E-state index contributed by atoms with van der Waals surface area (Å²) in [5.41, 5.74) is 8.33. The van der Waals surface area contributed by atoms with Crippen LogP contribution in [0.5, 0.6) is 0 Å². The molecule has 2 aromatic rings. The van der Waals surface area contributed by atoms with Crippen molar-refractivity contribution in [2.75, 3.05) is 6.54 Å². The topological polar surface area (TPSA) is 85.8 Å². The minimum atomic E-state index is -0.00133. The lowest BCUT2D eigenvalue weighted by atomic mass is 10.0. The predicted octanol–water partition coefficient (Wildman–Crippen LogP) is 1.36. The first kappa shape index (κ1) is 15.7. The molecular weight excluding hydrogens is 290 g/mol. The number of carbonyl (C=O) groups is 1. The highest BCUT2D eigenvalue weighted by atomic mass is 16.1. The Morgan fingerprint density at radius 3 is 2.87 bits per heavy atom. The van der Waals surface area contributed by atoms with E-state index < -0.39 is 0 Å². The molecule has 1 aliphatic carbocycles. The molecule has 0 spiro atoms. The molecule has 1 heterocycles. The molecule has 6 nitrogen and oxygen atoms in total. The number of benzene rings is 1. The number of para-hydroxylation sites is 1. The first-order valence-electron chi connectivity index (χ1n) is 8.15. The van der Waals surface area contributed by atoms with Crippen LogP contribution in [-0.4, -0.2) is 33.5 Å². The fraction of sp³-hybridized carbons (Fsp3) is 0.471. The lowest BCUT2D eigenvalue weighted by molar-refractivity contribution is -0.121. The van der Waals surface area contributed by atoms with Crippen LogP contribution >= 0.6 is 0 Å². The molecule has 0 aliphatic heterocycles. The van der Waals surface area contributed by atoms with Gasteiger partial charge in [-0.3, -0.25) is 4.79 Å². The van der Waals surface area contributed by atoms with Crippen LogP contribution in [0.3, 0.4) is 0 Å². The summed E-state index contributed by atoms with van der Waals surface area (Å²) in [6.07, 6.45) is 3.51. The third kappa shape index (κ3) is 3.42. The van der Waals surface area contributed by atoms with E-state index in [4.69, 9.17) is 5.73 Å². The first-order chi connectivity index (χ1) is 11.2. The third-order valence-corrected chi connectivity index (χ3v) is 4.63. The molecule has 1 amide bonds. The second kappa shape index (κ2) is 6.91. The highest BCUT2D eigenvalue weighted by molar-refractivity contribution is 5.78. The Morgan fingerprint density at radius 2 is 2.13 bits per heavy atom. The normalized spacial score (nSPS) is 20.6. The second-order valence-electron chi connectivity index (χ2n) is 6.15. The SMILES string of the molecule is Cc1c(CC(=O)NC2CCCC2CN)nnn1-c1ccccc1. The van der Waals surface area contributed by atoms with E-state index in [-0.39, 0.29) is 18.4 Å². The number of nitrogens with one attached hydrogen (secondary N) is 1. The lowest BCUT2D eigenvalue weighted by Gasteiger charge is -2.19. The smallest absolute Gasteiger partial charge is 0.226 e. The van der Waals surface area contributed by atoms with Crippen molar-refractivity contribution in [1.82, 2.24) is 20.3 Å². The number of hydrogen-bond acceptors (Lipinski definition) is 4. The molecule has 1 fully saturated rings. The van der Waals surface area contributed by atoms with Crippen LogP contribution in [0.15, 0.2) is 30.3 Å². The monoisotopic (exact) mass is 313 g/mol. The van der Waals surface area contributed by atoms with E-state index in [1.165, 1.54) is 0 Å². The van der Waals surface area contributed by atoms with Crippen LogP contribution in [-0.2, 0) is 11.2 Å². The van der Waals surface area contributed by atoms with Crippen LogP contribution in [0.1, 0.15) is 30.7 Å². The average molecular weight is 313 g/mol. The highest BCUT2D eigenvalue weighted by Gasteiger charge is 2.27. The van der Waals surface area contributed by atoms with Crippen molar-refractivity contribution in [2.45, 2.75) is 38.6 Å². The van der Waals surface area contributed by atoms with Gasteiger partial charge in [0.15, 0.2) is 0 Å². The molecule has 6 heteroatoms. The minimum absolute atomic E-state index is 0.00133. The molecule has 1 aromatic heterocycles. The van der Waals surface area contributed by atoms with Gasteiger partial charge in [0.05, 0.1) is 23.5 Å². The van der Waals surface area contributed by atoms with Crippen molar-refractivity contribution in [3.63, 3.8) is 0 Å². The largest absolute Gasteiger partial charge is 0.353 e. The summed E-state index contributed by atoms with van der Waals surface area (Å²) >= 11 is 0. The molecule has 3 rings (SSSR count). The van der Waals surface area contributed by atoms with E-state index in [1.807, 2.05) is 37.3 Å². The number of aromatic nitrogens is 3. The minimum Gasteiger partial charge on any atom is -0.353 e. The highest BCUT2D eigenvalue weighted by Crippen LogP contribution is 2.24. The summed E-state index contributed by atoms with van der Waals surface area (Å²) in [7, 11) is 0. The first-order valence-corrected chi connectivity index (χ1v) is 8.15. The van der Waals surface area contributed by atoms with Gasteiger partial charge in [0.1, 0.15) is 0 Å². The van der Waals surface area contributed by atoms with Gasteiger partial charge in [0.2, 0.25) is 5.91 Å². The molecule has 0 radical (unpaired) electrons. The number of hydrogen-bond donors (Lipinski definition) is 2. The standard InChI is InChI=1S/C17H23N5O/c1-12-16(20-21-22(12)14-7-3-2-4-8-14)10-17(23)19-15-9-5-6-13(15)11-18/h2-4,7-8,13,15H,5-6,9-11,18H2,1H3,(H,19,23). The van der Waals surface area contributed by atoms with Gasteiger partial charge in [-0.2, -0.15) is 0 Å². The molecule has 2 atom stereocenters. The summed E-state index contributed by atoms with van der Waals surface area (Å²) in [4.78, 5) is 12.3.